The highest BCUT2D eigenvalue weighted by atomic mass is 16.2. The van der Waals surface area contributed by atoms with Gasteiger partial charge in [-0.2, -0.15) is 0 Å². The molecular weight excluding hydrogens is 254 g/mol. The van der Waals surface area contributed by atoms with Crippen molar-refractivity contribution in [2.24, 2.45) is 0 Å². The Morgan fingerprint density at radius 1 is 1.30 bits per heavy atom. The normalized spacial score (nSPS) is 17.6. The van der Waals surface area contributed by atoms with Crippen molar-refractivity contribution in [2.45, 2.75) is 0 Å². The van der Waals surface area contributed by atoms with Gasteiger partial charge in [-0.05, 0) is 23.8 Å². The lowest BCUT2D eigenvalue weighted by Gasteiger charge is -2.24. The Hall–Kier alpha value is -2.69. The van der Waals surface area contributed by atoms with Crippen LogP contribution in [-0.4, -0.2) is 35.3 Å². The summed E-state index contributed by atoms with van der Waals surface area (Å²) in [5.74, 6) is -0.384. The number of amides is 2. The van der Waals surface area contributed by atoms with Crippen LogP contribution in [0, 0.1) is 0 Å². The number of piperazine rings is 1. The molecule has 1 aliphatic heterocycles. The second-order valence-electron chi connectivity index (χ2n) is 4.73. The SMILES string of the molecule is CN1CC(=O)N/C(=C\c2cnc3ccccc3c2)C1=O. The van der Waals surface area contributed by atoms with Crippen LogP contribution in [-0.2, 0) is 9.59 Å². The Bertz CT molecular complexity index is 737. The van der Waals surface area contributed by atoms with E-state index in [1.54, 1.807) is 19.3 Å². The van der Waals surface area contributed by atoms with E-state index in [1.165, 1.54) is 4.90 Å². The molecule has 2 amide bonds. The minimum Gasteiger partial charge on any atom is -0.331 e. The third kappa shape index (κ3) is 2.25. The molecule has 0 bridgehead atoms. The molecule has 2 heterocycles. The average molecular weight is 267 g/mol. The van der Waals surface area contributed by atoms with E-state index in [0.717, 1.165) is 16.5 Å². The number of carbonyl (C=O) groups excluding carboxylic acids is 2. The fourth-order valence-electron chi connectivity index (χ4n) is 2.17. The smallest absolute Gasteiger partial charge is 0.270 e. The van der Waals surface area contributed by atoms with Crippen LogP contribution >= 0.6 is 0 Å². The predicted molar refractivity (Wildman–Crippen MR) is 75.5 cm³/mol. The number of nitrogens with one attached hydrogen (secondary N) is 1. The zero-order chi connectivity index (χ0) is 14.1. The highest BCUT2D eigenvalue weighted by Crippen LogP contribution is 2.15. The average Bonchev–Trinajstić information content (AvgIpc) is 2.44. The van der Waals surface area contributed by atoms with Gasteiger partial charge in [-0.3, -0.25) is 14.6 Å². The van der Waals surface area contributed by atoms with Crippen LogP contribution in [0.3, 0.4) is 0 Å². The lowest BCUT2D eigenvalue weighted by molar-refractivity contribution is -0.135. The molecule has 1 saturated heterocycles. The number of benzene rings is 1. The first-order valence-electron chi connectivity index (χ1n) is 6.25. The highest BCUT2D eigenvalue weighted by Gasteiger charge is 2.24. The van der Waals surface area contributed by atoms with E-state index in [2.05, 4.69) is 10.3 Å². The molecule has 0 radical (unpaired) electrons. The molecule has 0 saturated carbocycles. The monoisotopic (exact) mass is 267 g/mol. The Kier molecular flexibility index (Phi) is 2.95. The van der Waals surface area contributed by atoms with E-state index in [1.807, 2.05) is 30.3 Å². The molecule has 0 atom stereocenters. The molecule has 20 heavy (non-hydrogen) atoms. The van der Waals surface area contributed by atoms with Crippen LogP contribution < -0.4 is 5.32 Å². The van der Waals surface area contributed by atoms with Crippen molar-refractivity contribution >= 4 is 28.8 Å². The zero-order valence-corrected chi connectivity index (χ0v) is 11.0. The quantitative estimate of drug-likeness (QED) is 0.789. The third-order valence-electron chi connectivity index (χ3n) is 3.15. The van der Waals surface area contributed by atoms with E-state index in [4.69, 9.17) is 0 Å². The zero-order valence-electron chi connectivity index (χ0n) is 11.0. The van der Waals surface area contributed by atoms with Crippen LogP contribution in [0.2, 0.25) is 0 Å². The van der Waals surface area contributed by atoms with E-state index < -0.39 is 0 Å². The molecule has 1 N–H and O–H groups in total. The molecule has 3 rings (SSSR count). The number of likely N-dealkylation sites (N-methyl/N-ethyl adjacent to an activating group) is 1. The number of carbonyl (C=O) groups is 2. The van der Waals surface area contributed by atoms with Gasteiger partial charge in [0.05, 0.1) is 12.1 Å². The van der Waals surface area contributed by atoms with Crippen LogP contribution in [0.5, 0.6) is 0 Å². The topological polar surface area (TPSA) is 62.3 Å². The molecule has 1 aromatic heterocycles. The number of para-hydroxylation sites is 1. The van der Waals surface area contributed by atoms with Crippen molar-refractivity contribution in [3.63, 3.8) is 0 Å². The van der Waals surface area contributed by atoms with Gasteiger partial charge < -0.3 is 10.2 Å². The summed E-state index contributed by atoms with van der Waals surface area (Å²) >= 11 is 0. The van der Waals surface area contributed by atoms with Crippen molar-refractivity contribution < 1.29 is 9.59 Å². The highest BCUT2D eigenvalue weighted by molar-refractivity contribution is 6.06. The van der Waals surface area contributed by atoms with E-state index in [-0.39, 0.29) is 24.1 Å². The first-order valence-corrected chi connectivity index (χ1v) is 6.25. The maximum Gasteiger partial charge on any atom is 0.270 e. The van der Waals surface area contributed by atoms with Crippen LogP contribution in [0.4, 0.5) is 0 Å². The summed E-state index contributed by atoms with van der Waals surface area (Å²) < 4.78 is 0. The molecule has 0 unspecified atom stereocenters. The number of aromatic nitrogens is 1. The van der Waals surface area contributed by atoms with Gasteiger partial charge in [0.1, 0.15) is 5.70 Å². The lowest BCUT2D eigenvalue weighted by Crippen LogP contribution is -2.47. The predicted octanol–water partition coefficient (Wildman–Crippen LogP) is 1.16. The number of hydrogen-bond acceptors (Lipinski definition) is 3. The van der Waals surface area contributed by atoms with Gasteiger partial charge in [-0.1, -0.05) is 18.2 Å². The third-order valence-corrected chi connectivity index (χ3v) is 3.15. The Labute approximate surface area is 115 Å². The minimum atomic E-state index is -0.197. The van der Waals surface area contributed by atoms with E-state index in [0.29, 0.717) is 0 Å². The Balaban J connectivity index is 2.00. The fourth-order valence-corrected chi connectivity index (χ4v) is 2.17. The number of hydrogen-bond donors (Lipinski definition) is 1. The number of rotatable bonds is 1. The second-order valence-corrected chi connectivity index (χ2v) is 4.73. The Morgan fingerprint density at radius 2 is 2.10 bits per heavy atom. The van der Waals surface area contributed by atoms with Gasteiger partial charge in [-0.25, -0.2) is 0 Å². The summed E-state index contributed by atoms with van der Waals surface area (Å²) in [5.41, 5.74) is 1.95. The number of pyridine rings is 1. The van der Waals surface area contributed by atoms with Crippen molar-refractivity contribution in [2.75, 3.05) is 13.6 Å². The van der Waals surface area contributed by atoms with Gasteiger partial charge in [-0.15, -0.1) is 0 Å². The van der Waals surface area contributed by atoms with Crippen molar-refractivity contribution in [1.82, 2.24) is 15.2 Å². The largest absolute Gasteiger partial charge is 0.331 e. The maximum absolute atomic E-state index is 12.0. The van der Waals surface area contributed by atoms with Crippen molar-refractivity contribution in [3.8, 4) is 0 Å². The molecule has 0 aliphatic carbocycles. The first-order chi connectivity index (χ1) is 9.63. The first kappa shape index (κ1) is 12.3. The molecule has 1 fully saturated rings. The minimum absolute atomic E-state index is 0.0894. The number of nitrogens with zero attached hydrogens (tertiary/aromatic N) is 2. The molecule has 100 valence electrons. The van der Waals surface area contributed by atoms with Gasteiger partial charge in [0.25, 0.3) is 5.91 Å². The maximum atomic E-state index is 12.0. The summed E-state index contributed by atoms with van der Waals surface area (Å²) in [6.07, 6.45) is 3.33. The summed E-state index contributed by atoms with van der Waals surface area (Å²) in [4.78, 5) is 29.1. The van der Waals surface area contributed by atoms with E-state index >= 15 is 0 Å². The van der Waals surface area contributed by atoms with Gasteiger partial charge in [0.15, 0.2) is 0 Å². The van der Waals surface area contributed by atoms with Crippen LogP contribution in [0.15, 0.2) is 42.2 Å². The Morgan fingerprint density at radius 3 is 2.95 bits per heavy atom. The summed E-state index contributed by atoms with van der Waals surface area (Å²) in [5, 5.41) is 3.59. The standard InChI is InChI=1S/C15H13N3O2/c1-18-9-14(19)17-13(15(18)20)7-10-6-11-4-2-3-5-12(11)16-8-10/h2-8H,9H2,1H3,(H,17,19)/b13-7-. The lowest BCUT2D eigenvalue weighted by atomic mass is 10.1. The molecule has 0 spiro atoms. The number of fused-ring (bicyclic) bond motifs is 1. The molecule has 2 aromatic rings. The molecule has 1 aromatic carbocycles. The van der Waals surface area contributed by atoms with Gasteiger partial charge in [0.2, 0.25) is 5.91 Å². The molecular formula is C15H13N3O2. The van der Waals surface area contributed by atoms with Gasteiger partial charge >= 0.3 is 0 Å². The molecule has 5 nitrogen and oxygen atoms in total. The fraction of sp³-hybridized carbons (Fsp3) is 0.133. The van der Waals surface area contributed by atoms with Crippen LogP contribution in [0.1, 0.15) is 5.56 Å². The van der Waals surface area contributed by atoms with E-state index in [9.17, 15) is 9.59 Å². The molecule has 5 heteroatoms. The summed E-state index contributed by atoms with van der Waals surface area (Å²) in [6.45, 7) is 0.0894. The van der Waals surface area contributed by atoms with Crippen LogP contribution in [0.25, 0.3) is 17.0 Å². The second kappa shape index (κ2) is 4.77. The summed E-state index contributed by atoms with van der Waals surface area (Å²) in [6, 6.07) is 9.67. The van der Waals surface area contributed by atoms with Gasteiger partial charge in [0, 0.05) is 18.6 Å². The van der Waals surface area contributed by atoms with Crippen molar-refractivity contribution in [1.29, 1.82) is 0 Å². The molecule has 1 aliphatic rings. The summed E-state index contributed by atoms with van der Waals surface area (Å²) in [7, 11) is 1.60. The van der Waals surface area contributed by atoms with Crippen molar-refractivity contribution in [3.05, 3.63) is 47.8 Å².